The number of nitrogens with zero attached hydrogens (tertiary/aromatic N) is 4. The topological polar surface area (TPSA) is 98.6 Å². The van der Waals surface area contributed by atoms with Gasteiger partial charge in [0.15, 0.2) is 11.5 Å². The molecule has 214 valence electrons. The van der Waals surface area contributed by atoms with E-state index in [1.807, 2.05) is 72.8 Å². The highest BCUT2D eigenvalue weighted by Crippen LogP contribution is 2.29. The Labute approximate surface area is 240 Å². The molecule has 0 bridgehead atoms. The number of fused-ring (bicyclic) bond motifs is 1. The van der Waals surface area contributed by atoms with Crippen LogP contribution in [0.15, 0.2) is 72.8 Å². The summed E-state index contributed by atoms with van der Waals surface area (Å²) in [7, 11) is 3.20. The first-order chi connectivity index (χ1) is 20.1. The highest BCUT2D eigenvalue weighted by Gasteiger charge is 2.33. The van der Waals surface area contributed by atoms with Gasteiger partial charge in [-0.15, -0.1) is 5.10 Å². The van der Waals surface area contributed by atoms with Crippen molar-refractivity contribution >= 4 is 22.8 Å². The van der Waals surface area contributed by atoms with Crippen LogP contribution in [-0.4, -0.2) is 58.5 Å². The van der Waals surface area contributed by atoms with Gasteiger partial charge in [-0.1, -0.05) is 73.0 Å². The number of hydrogen-bond acceptors (Lipinski definition) is 6. The first-order valence-corrected chi connectivity index (χ1v) is 14.2. The van der Waals surface area contributed by atoms with Crippen molar-refractivity contribution in [3.63, 3.8) is 0 Å². The zero-order chi connectivity index (χ0) is 28.6. The van der Waals surface area contributed by atoms with E-state index in [9.17, 15) is 9.59 Å². The molecular formula is C32H37N5O4. The Morgan fingerprint density at radius 2 is 1.68 bits per heavy atom. The quantitative estimate of drug-likeness (QED) is 0.288. The van der Waals surface area contributed by atoms with E-state index in [4.69, 9.17) is 9.47 Å². The summed E-state index contributed by atoms with van der Waals surface area (Å²) >= 11 is 0. The van der Waals surface area contributed by atoms with Gasteiger partial charge in [0.2, 0.25) is 11.8 Å². The fourth-order valence-electron chi connectivity index (χ4n) is 5.57. The number of amides is 2. The SMILES string of the molecule is COc1ccc(CCN(C(=O)Cn2nnc3ccccc32)[C@@H](C(=O)NC2CCCCC2)c2ccccc2)cc1OC. The van der Waals surface area contributed by atoms with Crippen molar-refractivity contribution in [2.24, 2.45) is 0 Å². The largest absolute Gasteiger partial charge is 0.493 e. The molecule has 1 N–H and O–H groups in total. The lowest BCUT2D eigenvalue weighted by molar-refractivity contribution is -0.141. The lowest BCUT2D eigenvalue weighted by Crippen LogP contribution is -2.48. The number of ether oxygens (including phenoxy) is 2. The van der Waals surface area contributed by atoms with Crippen molar-refractivity contribution in [2.75, 3.05) is 20.8 Å². The molecular weight excluding hydrogens is 518 g/mol. The van der Waals surface area contributed by atoms with Gasteiger partial charge in [0, 0.05) is 12.6 Å². The van der Waals surface area contributed by atoms with Crippen LogP contribution in [0, 0.1) is 0 Å². The summed E-state index contributed by atoms with van der Waals surface area (Å²) in [6, 6.07) is 22.1. The number of carbonyl (C=O) groups excluding carboxylic acids is 2. The monoisotopic (exact) mass is 555 g/mol. The van der Waals surface area contributed by atoms with Gasteiger partial charge in [0.05, 0.1) is 19.7 Å². The molecule has 0 unspecified atom stereocenters. The second-order valence-corrected chi connectivity index (χ2v) is 10.4. The van der Waals surface area contributed by atoms with Gasteiger partial charge in [-0.05, 0) is 54.7 Å². The third kappa shape index (κ3) is 6.67. The molecule has 0 spiro atoms. The van der Waals surface area contributed by atoms with Crippen LogP contribution >= 0.6 is 0 Å². The standard InChI is InChI=1S/C32H37N5O4/c1-40-28-18-17-23(21-29(28)41-2)19-20-36(30(38)22-37-27-16-10-9-15-26(27)34-35-37)31(24-11-5-3-6-12-24)32(39)33-25-13-7-4-8-14-25/h3,5-6,9-12,15-18,21,25,31H,4,7-8,13-14,19-20,22H2,1-2H3,(H,33,39)/t31-/m1/s1. The van der Waals surface area contributed by atoms with Crippen LogP contribution < -0.4 is 14.8 Å². The second-order valence-electron chi connectivity index (χ2n) is 10.4. The van der Waals surface area contributed by atoms with Crippen LogP contribution in [0.25, 0.3) is 11.0 Å². The van der Waals surface area contributed by atoms with Gasteiger partial charge in [-0.3, -0.25) is 9.59 Å². The summed E-state index contributed by atoms with van der Waals surface area (Å²) in [4.78, 5) is 29.8. The van der Waals surface area contributed by atoms with Crippen LogP contribution in [-0.2, 0) is 22.6 Å². The predicted molar refractivity (Wildman–Crippen MR) is 157 cm³/mol. The van der Waals surface area contributed by atoms with Crippen molar-refractivity contribution in [3.8, 4) is 11.5 Å². The first kappa shape index (κ1) is 28.1. The normalized spacial score (nSPS) is 14.4. The molecule has 4 aromatic rings. The van der Waals surface area contributed by atoms with Crippen molar-refractivity contribution in [2.45, 2.75) is 57.2 Å². The van der Waals surface area contributed by atoms with E-state index in [0.717, 1.165) is 42.3 Å². The van der Waals surface area contributed by atoms with E-state index in [2.05, 4.69) is 15.6 Å². The molecule has 1 aliphatic rings. The lowest BCUT2D eigenvalue weighted by atomic mass is 9.94. The van der Waals surface area contributed by atoms with E-state index in [-0.39, 0.29) is 24.4 Å². The fraction of sp³-hybridized carbons (Fsp3) is 0.375. The Hall–Kier alpha value is -4.40. The second kappa shape index (κ2) is 13.3. The molecule has 1 heterocycles. The Kier molecular flexibility index (Phi) is 9.13. The molecule has 1 atom stereocenters. The molecule has 0 aliphatic heterocycles. The molecule has 1 saturated carbocycles. The molecule has 0 radical (unpaired) electrons. The average Bonchev–Trinajstić information content (AvgIpc) is 3.42. The predicted octanol–water partition coefficient (Wildman–Crippen LogP) is 4.71. The van der Waals surface area contributed by atoms with Gasteiger partial charge in [-0.2, -0.15) is 0 Å². The van der Waals surface area contributed by atoms with E-state index in [1.165, 1.54) is 6.42 Å². The van der Waals surface area contributed by atoms with Crippen LogP contribution in [0.5, 0.6) is 11.5 Å². The van der Waals surface area contributed by atoms with Gasteiger partial charge in [0.1, 0.15) is 18.1 Å². The molecule has 0 saturated heterocycles. The van der Waals surface area contributed by atoms with Gasteiger partial charge < -0.3 is 19.7 Å². The minimum absolute atomic E-state index is 0.0352. The first-order valence-electron chi connectivity index (χ1n) is 14.2. The molecule has 1 fully saturated rings. The third-order valence-corrected chi connectivity index (χ3v) is 7.74. The fourth-order valence-corrected chi connectivity index (χ4v) is 5.57. The summed E-state index contributed by atoms with van der Waals surface area (Å²) in [6.45, 7) is 0.283. The minimum atomic E-state index is -0.791. The van der Waals surface area contributed by atoms with Crippen LogP contribution in [0.1, 0.15) is 49.3 Å². The highest BCUT2D eigenvalue weighted by molar-refractivity contribution is 5.89. The van der Waals surface area contributed by atoms with E-state index in [1.54, 1.807) is 23.8 Å². The summed E-state index contributed by atoms with van der Waals surface area (Å²) in [5.74, 6) is 0.879. The van der Waals surface area contributed by atoms with E-state index in [0.29, 0.717) is 30.0 Å². The Morgan fingerprint density at radius 1 is 0.951 bits per heavy atom. The van der Waals surface area contributed by atoms with Crippen LogP contribution in [0.3, 0.4) is 0 Å². The van der Waals surface area contributed by atoms with Crippen LogP contribution in [0.2, 0.25) is 0 Å². The number of carbonyl (C=O) groups is 2. The van der Waals surface area contributed by atoms with Gasteiger partial charge in [-0.25, -0.2) is 4.68 Å². The number of hydrogen-bond donors (Lipinski definition) is 1. The maximum Gasteiger partial charge on any atom is 0.247 e. The average molecular weight is 556 g/mol. The number of para-hydroxylation sites is 1. The minimum Gasteiger partial charge on any atom is -0.493 e. The Bertz CT molecular complexity index is 1470. The van der Waals surface area contributed by atoms with E-state index < -0.39 is 6.04 Å². The number of aromatic nitrogens is 3. The zero-order valence-corrected chi connectivity index (χ0v) is 23.7. The van der Waals surface area contributed by atoms with Crippen molar-refractivity contribution in [3.05, 3.63) is 83.9 Å². The maximum atomic E-state index is 14.1. The molecule has 1 aliphatic carbocycles. The molecule has 3 aromatic carbocycles. The molecule has 5 rings (SSSR count). The summed E-state index contributed by atoms with van der Waals surface area (Å²) < 4.78 is 12.5. The van der Waals surface area contributed by atoms with Crippen molar-refractivity contribution < 1.29 is 19.1 Å². The number of benzene rings is 3. The third-order valence-electron chi connectivity index (χ3n) is 7.74. The molecule has 41 heavy (non-hydrogen) atoms. The van der Waals surface area contributed by atoms with Crippen LogP contribution in [0.4, 0.5) is 0 Å². The summed E-state index contributed by atoms with van der Waals surface area (Å²) in [6.07, 6.45) is 5.82. The zero-order valence-electron chi connectivity index (χ0n) is 23.7. The van der Waals surface area contributed by atoms with Gasteiger partial charge in [0.25, 0.3) is 0 Å². The molecule has 9 heteroatoms. The maximum absolute atomic E-state index is 14.1. The Balaban J connectivity index is 1.47. The summed E-state index contributed by atoms with van der Waals surface area (Å²) in [5, 5.41) is 11.7. The number of rotatable bonds is 11. The van der Waals surface area contributed by atoms with Crippen molar-refractivity contribution in [1.82, 2.24) is 25.2 Å². The molecule has 9 nitrogen and oxygen atoms in total. The Morgan fingerprint density at radius 3 is 2.44 bits per heavy atom. The smallest absolute Gasteiger partial charge is 0.247 e. The van der Waals surface area contributed by atoms with Crippen molar-refractivity contribution in [1.29, 1.82) is 0 Å². The molecule has 1 aromatic heterocycles. The lowest BCUT2D eigenvalue weighted by Gasteiger charge is -2.33. The van der Waals surface area contributed by atoms with E-state index >= 15 is 0 Å². The molecule has 2 amide bonds. The summed E-state index contributed by atoms with van der Waals surface area (Å²) in [5.41, 5.74) is 3.21. The number of methoxy groups -OCH3 is 2. The van der Waals surface area contributed by atoms with Gasteiger partial charge >= 0.3 is 0 Å². The number of nitrogens with one attached hydrogen (secondary N) is 1. The highest BCUT2D eigenvalue weighted by atomic mass is 16.5.